The van der Waals surface area contributed by atoms with Crippen LogP contribution >= 0.6 is 11.6 Å². The SMILES string of the molecule is Cc1nn(C2CCC(CO)(NC3CC3)C2)c(C)c1Cl. The summed E-state index contributed by atoms with van der Waals surface area (Å²) >= 11 is 6.23. The van der Waals surface area contributed by atoms with Crippen molar-refractivity contribution in [1.29, 1.82) is 0 Å². The molecule has 2 saturated carbocycles. The Kier molecular flexibility index (Phi) is 3.36. The molecular weight excluding hydrogens is 262 g/mol. The Morgan fingerprint density at radius 1 is 1.42 bits per heavy atom. The van der Waals surface area contributed by atoms with Gasteiger partial charge in [0.1, 0.15) is 0 Å². The molecule has 2 unspecified atom stereocenters. The lowest BCUT2D eigenvalue weighted by Gasteiger charge is -2.29. The summed E-state index contributed by atoms with van der Waals surface area (Å²) in [7, 11) is 0. The van der Waals surface area contributed by atoms with Gasteiger partial charge in [-0.1, -0.05) is 11.6 Å². The van der Waals surface area contributed by atoms with Crippen LogP contribution < -0.4 is 5.32 Å². The summed E-state index contributed by atoms with van der Waals surface area (Å²) < 4.78 is 2.06. The fourth-order valence-corrected chi connectivity index (χ4v) is 3.41. The van der Waals surface area contributed by atoms with E-state index in [0.29, 0.717) is 12.1 Å². The maximum Gasteiger partial charge on any atom is 0.0844 e. The fraction of sp³-hybridized carbons (Fsp3) is 0.786. The average Bonchev–Trinajstić information content (AvgIpc) is 3.05. The van der Waals surface area contributed by atoms with E-state index in [9.17, 15) is 5.11 Å². The van der Waals surface area contributed by atoms with E-state index >= 15 is 0 Å². The summed E-state index contributed by atoms with van der Waals surface area (Å²) in [5.74, 6) is 0. The molecule has 19 heavy (non-hydrogen) atoms. The number of aliphatic hydroxyl groups is 1. The van der Waals surface area contributed by atoms with Crippen molar-refractivity contribution in [2.75, 3.05) is 6.61 Å². The lowest BCUT2D eigenvalue weighted by Crippen LogP contribution is -2.47. The number of aryl methyl sites for hydroxylation is 1. The summed E-state index contributed by atoms with van der Waals surface area (Å²) in [5, 5.41) is 18.7. The van der Waals surface area contributed by atoms with E-state index in [0.717, 1.165) is 35.7 Å². The summed E-state index contributed by atoms with van der Waals surface area (Å²) in [6.45, 7) is 4.19. The molecule has 2 N–H and O–H groups in total. The van der Waals surface area contributed by atoms with Crippen LogP contribution in [-0.4, -0.2) is 33.1 Å². The van der Waals surface area contributed by atoms with Crippen molar-refractivity contribution in [2.24, 2.45) is 0 Å². The molecule has 0 saturated heterocycles. The highest BCUT2D eigenvalue weighted by atomic mass is 35.5. The van der Waals surface area contributed by atoms with Crippen LogP contribution in [0.25, 0.3) is 0 Å². The van der Waals surface area contributed by atoms with E-state index in [2.05, 4.69) is 15.1 Å². The normalized spacial score (nSPS) is 31.1. The molecule has 0 aliphatic heterocycles. The van der Waals surface area contributed by atoms with E-state index < -0.39 is 0 Å². The number of aliphatic hydroxyl groups excluding tert-OH is 1. The number of hydrogen-bond donors (Lipinski definition) is 2. The van der Waals surface area contributed by atoms with Crippen molar-refractivity contribution in [2.45, 2.75) is 63.6 Å². The van der Waals surface area contributed by atoms with Gasteiger partial charge in [-0.3, -0.25) is 4.68 Å². The number of nitrogens with zero attached hydrogens (tertiary/aromatic N) is 2. The Morgan fingerprint density at radius 3 is 2.68 bits per heavy atom. The van der Waals surface area contributed by atoms with Gasteiger partial charge in [-0.25, -0.2) is 0 Å². The van der Waals surface area contributed by atoms with Crippen LogP contribution in [0.1, 0.15) is 49.5 Å². The zero-order valence-electron chi connectivity index (χ0n) is 11.6. The van der Waals surface area contributed by atoms with Gasteiger partial charge in [-0.15, -0.1) is 0 Å². The molecule has 3 rings (SSSR count). The third-order valence-corrected chi connectivity index (χ3v) is 5.10. The van der Waals surface area contributed by atoms with Crippen molar-refractivity contribution in [1.82, 2.24) is 15.1 Å². The van der Waals surface area contributed by atoms with Crippen LogP contribution in [0.15, 0.2) is 0 Å². The zero-order valence-corrected chi connectivity index (χ0v) is 12.4. The van der Waals surface area contributed by atoms with E-state index in [1.807, 2.05) is 13.8 Å². The molecule has 4 nitrogen and oxygen atoms in total. The first-order valence-corrected chi connectivity index (χ1v) is 7.52. The first-order valence-electron chi connectivity index (χ1n) is 7.14. The van der Waals surface area contributed by atoms with Gasteiger partial charge in [0, 0.05) is 11.6 Å². The highest BCUT2D eigenvalue weighted by Gasteiger charge is 2.43. The Morgan fingerprint density at radius 2 is 2.16 bits per heavy atom. The second-order valence-electron chi connectivity index (χ2n) is 6.18. The molecule has 0 spiro atoms. The molecule has 0 aromatic carbocycles. The maximum absolute atomic E-state index is 9.77. The fourth-order valence-electron chi connectivity index (χ4n) is 3.29. The molecule has 106 valence electrons. The topological polar surface area (TPSA) is 50.1 Å². The Hall–Kier alpha value is -0.580. The van der Waals surface area contributed by atoms with Crippen LogP contribution in [-0.2, 0) is 0 Å². The highest BCUT2D eigenvalue weighted by Crippen LogP contribution is 2.40. The van der Waals surface area contributed by atoms with Crippen LogP contribution in [0.5, 0.6) is 0 Å². The molecular formula is C14H22ClN3O. The van der Waals surface area contributed by atoms with Crippen LogP contribution in [0.4, 0.5) is 0 Å². The van der Waals surface area contributed by atoms with Crippen molar-refractivity contribution >= 4 is 11.6 Å². The number of rotatable bonds is 4. The molecule has 2 atom stereocenters. The van der Waals surface area contributed by atoms with E-state index in [-0.39, 0.29) is 12.1 Å². The summed E-state index contributed by atoms with van der Waals surface area (Å²) in [6.07, 6.45) is 5.51. The Labute approximate surface area is 119 Å². The van der Waals surface area contributed by atoms with Gasteiger partial charge in [0.05, 0.1) is 29.1 Å². The van der Waals surface area contributed by atoms with Crippen molar-refractivity contribution in [3.05, 3.63) is 16.4 Å². The molecule has 1 aromatic rings. The minimum absolute atomic E-state index is 0.107. The molecule has 2 fully saturated rings. The molecule has 1 aromatic heterocycles. The molecule has 1 heterocycles. The second kappa shape index (κ2) is 4.76. The van der Waals surface area contributed by atoms with Gasteiger partial charge in [0.25, 0.3) is 0 Å². The number of hydrogen-bond acceptors (Lipinski definition) is 3. The standard InChI is InChI=1S/C14H22ClN3O/c1-9-13(15)10(2)18(17-9)12-5-6-14(7-12,8-19)16-11-3-4-11/h11-12,16,19H,3-8H2,1-2H3. The minimum atomic E-state index is -0.107. The summed E-state index contributed by atoms with van der Waals surface area (Å²) in [4.78, 5) is 0. The molecule has 2 aliphatic rings. The van der Waals surface area contributed by atoms with Crippen LogP contribution in [0.3, 0.4) is 0 Å². The maximum atomic E-state index is 9.77. The van der Waals surface area contributed by atoms with Gasteiger partial charge >= 0.3 is 0 Å². The average molecular weight is 284 g/mol. The molecule has 2 aliphatic carbocycles. The van der Waals surface area contributed by atoms with Gasteiger partial charge in [0.2, 0.25) is 0 Å². The highest BCUT2D eigenvalue weighted by molar-refractivity contribution is 6.31. The third-order valence-electron chi connectivity index (χ3n) is 4.56. The lowest BCUT2D eigenvalue weighted by atomic mass is 9.98. The van der Waals surface area contributed by atoms with Crippen LogP contribution in [0.2, 0.25) is 5.02 Å². The first kappa shape index (κ1) is 13.4. The monoisotopic (exact) mass is 283 g/mol. The molecule has 5 heteroatoms. The number of aromatic nitrogens is 2. The largest absolute Gasteiger partial charge is 0.394 e. The molecule has 0 bridgehead atoms. The van der Waals surface area contributed by atoms with Crippen molar-refractivity contribution in [3.8, 4) is 0 Å². The van der Waals surface area contributed by atoms with Crippen molar-refractivity contribution in [3.63, 3.8) is 0 Å². The van der Waals surface area contributed by atoms with Gasteiger partial charge in [-0.2, -0.15) is 5.10 Å². The predicted octanol–water partition coefficient (Wildman–Crippen LogP) is 2.36. The summed E-state index contributed by atoms with van der Waals surface area (Å²) in [6, 6.07) is 0.972. The number of nitrogens with one attached hydrogen (secondary N) is 1. The number of halogens is 1. The Balaban J connectivity index is 1.78. The van der Waals surface area contributed by atoms with Crippen molar-refractivity contribution < 1.29 is 5.11 Å². The lowest BCUT2D eigenvalue weighted by molar-refractivity contribution is 0.158. The molecule has 0 amide bonds. The van der Waals surface area contributed by atoms with E-state index in [1.165, 1.54) is 12.8 Å². The molecule has 0 radical (unpaired) electrons. The van der Waals surface area contributed by atoms with Crippen LogP contribution in [0, 0.1) is 13.8 Å². The van der Waals surface area contributed by atoms with E-state index in [4.69, 9.17) is 11.6 Å². The van der Waals surface area contributed by atoms with Gasteiger partial charge < -0.3 is 10.4 Å². The van der Waals surface area contributed by atoms with E-state index in [1.54, 1.807) is 0 Å². The first-order chi connectivity index (χ1) is 9.04. The smallest absolute Gasteiger partial charge is 0.0844 e. The summed E-state index contributed by atoms with van der Waals surface area (Å²) in [5.41, 5.74) is 1.84. The van der Waals surface area contributed by atoms with Gasteiger partial charge in [0.15, 0.2) is 0 Å². The Bertz CT molecular complexity index is 483. The quantitative estimate of drug-likeness (QED) is 0.892. The predicted molar refractivity (Wildman–Crippen MR) is 75.6 cm³/mol. The minimum Gasteiger partial charge on any atom is -0.394 e. The third kappa shape index (κ3) is 2.41. The van der Waals surface area contributed by atoms with Gasteiger partial charge in [-0.05, 0) is 46.0 Å². The zero-order chi connectivity index (χ0) is 13.6. The second-order valence-corrected chi connectivity index (χ2v) is 6.56.